The van der Waals surface area contributed by atoms with Crippen LogP contribution in [0, 0.1) is 11.8 Å². The molecule has 0 radical (unpaired) electrons. The molecule has 240 valence electrons. The van der Waals surface area contributed by atoms with Gasteiger partial charge in [0.2, 0.25) is 23.6 Å². The van der Waals surface area contributed by atoms with E-state index in [9.17, 15) is 19.2 Å². The third-order valence-electron chi connectivity index (χ3n) is 9.50. The second-order valence-corrected chi connectivity index (χ2v) is 15.1. The number of pyridine rings is 2. The van der Waals surface area contributed by atoms with Gasteiger partial charge >= 0.3 is 0 Å². The van der Waals surface area contributed by atoms with Crippen LogP contribution in [0.3, 0.4) is 0 Å². The Morgan fingerprint density at radius 2 is 1.60 bits per heavy atom. The first kappa shape index (κ1) is 31.8. The summed E-state index contributed by atoms with van der Waals surface area (Å²) in [6.45, 7) is 1.27. The molecule has 4 aliphatic rings. The van der Waals surface area contributed by atoms with E-state index in [0.717, 1.165) is 47.1 Å². The third-order valence-corrected chi connectivity index (χ3v) is 11.9. The molecule has 3 N–H and O–H groups in total. The van der Waals surface area contributed by atoms with Gasteiger partial charge in [-0.3, -0.25) is 19.2 Å². The zero-order valence-electron chi connectivity index (χ0n) is 25.8. The Kier molecular flexibility index (Phi) is 10.3. The summed E-state index contributed by atoms with van der Waals surface area (Å²) in [7, 11) is 1.76. The van der Waals surface area contributed by atoms with Gasteiger partial charge in [0.25, 0.3) is 0 Å². The van der Waals surface area contributed by atoms with Crippen LogP contribution < -0.4 is 20.9 Å². The lowest BCUT2D eigenvalue weighted by atomic mass is 9.79. The summed E-state index contributed by atoms with van der Waals surface area (Å²) in [5.74, 6) is 0.695. The number of rotatable bonds is 9. The van der Waals surface area contributed by atoms with E-state index in [4.69, 9.17) is 4.98 Å². The maximum Gasteiger partial charge on any atom is 0.240 e. The van der Waals surface area contributed by atoms with Crippen molar-refractivity contribution in [3.63, 3.8) is 0 Å². The molecular formula is C33H42N6O4S2. The molecular weight excluding hydrogens is 609 g/mol. The number of fused-ring (bicyclic) bond motifs is 2. The quantitative estimate of drug-likeness (QED) is 0.349. The topological polar surface area (TPSA) is 133 Å². The number of anilines is 2. The Morgan fingerprint density at radius 1 is 0.889 bits per heavy atom. The summed E-state index contributed by atoms with van der Waals surface area (Å²) < 4.78 is 0. The highest BCUT2D eigenvalue weighted by atomic mass is 32.2. The van der Waals surface area contributed by atoms with Crippen LogP contribution in [0.4, 0.5) is 11.4 Å². The fraction of sp³-hybridized carbons (Fsp3) is 0.576. The fourth-order valence-electron chi connectivity index (χ4n) is 6.92. The number of amides is 4. The Morgan fingerprint density at radius 3 is 2.40 bits per heavy atom. The summed E-state index contributed by atoms with van der Waals surface area (Å²) in [5, 5.41) is 9.55. The average molecular weight is 651 g/mol. The zero-order valence-corrected chi connectivity index (χ0v) is 27.4. The minimum Gasteiger partial charge on any atom is -0.356 e. The summed E-state index contributed by atoms with van der Waals surface area (Å²) in [6.07, 6.45) is 12.0. The second-order valence-electron chi connectivity index (χ2n) is 12.8. The standard InChI is InChI=1S/C33H42N6O4S2/c1-39-25-13-12-23(38-32(25)45-27(33(39)43)17-29(41)35-18-20-7-3-2-4-8-20)22-10-5-9-21(15-22)19-36-28(40)16-26-30(42)37-24-11-6-14-34-31(24)44-26/h6,11-14,20-22,26-27H,2-5,7-10,15-19H2,1H3,(H,35,41)(H,36,40)(H,37,42). The van der Waals surface area contributed by atoms with E-state index in [2.05, 4.69) is 20.9 Å². The summed E-state index contributed by atoms with van der Waals surface area (Å²) >= 11 is 2.74. The molecule has 4 heterocycles. The molecule has 0 spiro atoms. The lowest BCUT2D eigenvalue weighted by Gasteiger charge is -2.32. The van der Waals surface area contributed by atoms with Crippen molar-refractivity contribution in [2.24, 2.45) is 11.8 Å². The van der Waals surface area contributed by atoms with Crippen molar-refractivity contribution in [2.45, 2.75) is 97.1 Å². The van der Waals surface area contributed by atoms with Crippen molar-refractivity contribution in [1.29, 1.82) is 0 Å². The van der Waals surface area contributed by atoms with Gasteiger partial charge in [-0.2, -0.15) is 0 Å². The van der Waals surface area contributed by atoms with E-state index < -0.39 is 10.5 Å². The molecule has 4 atom stereocenters. The van der Waals surface area contributed by atoms with Crippen LogP contribution >= 0.6 is 23.5 Å². The molecule has 0 saturated heterocycles. The van der Waals surface area contributed by atoms with Gasteiger partial charge in [0.05, 0.1) is 21.9 Å². The molecule has 4 amide bonds. The highest BCUT2D eigenvalue weighted by molar-refractivity contribution is 8.01. The Labute approximate surface area is 273 Å². The van der Waals surface area contributed by atoms with Crippen LogP contribution in [-0.4, -0.2) is 64.2 Å². The Balaban J connectivity index is 1.01. The van der Waals surface area contributed by atoms with Crippen LogP contribution in [0.15, 0.2) is 40.5 Å². The SMILES string of the molecule is CN1C(=O)C(CC(=O)NCC2CCCCC2)Sc2nc(C3CCCC(CNC(=O)CC4Sc5ncccc5NC4=O)C3)ccc21. The van der Waals surface area contributed by atoms with Gasteiger partial charge in [-0.15, -0.1) is 0 Å². The maximum absolute atomic E-state index is 13.1. The molecule has 2 aromatic heterocycles. The van der Waals surface area contributed by atoms with Gasteiger partial charge in [0.15, 0.2) is 0 Å². The number of nitrogens with zero attached hydrogens (tertiary/aromatic N) is 3. The van der Waals surface area contributed by atoms with Gasteiger partial charge in [-0.05, 0) is 68.2 Å². The number of hydrogen-bond donors (Lipinski definition) is 3. The summed E-state index contributed by atoms with van der Waals surface area (Å²) in [4.78, 5) is 62.2. The molecule has 2 aromatic rings. The van der Waals surface area contributed by atoms with Gasteiger partial charge in [0, 0.05) is 50.8 Å². The van der Waals surface area contributed by atoms with E-state index in [-0.39, 0.29) is 42.4 Å². The van der Waals surface area contributed by atoms with Crippen molar-refractivity contribution < 1.29 is 19.2 Å². The summed E-state index contributed by atoms with van der Waals surface area (Å²) in [5.41, 5.74) is 2.48. The van der Waals surface area contributed by atoms with Crippen molar-refractivity contribution in [3.8, 4) is 0 Å². The number of nitrogens with one attached hydrogen (secondary N) is 3. The predicted octanol–water partition coefficient (Wildman–Crippen LogP) is 4.89. The van der Waals surface area contributed by atoms with Crippen molar-refractivity contribution in [2.75, 3.05) is 30.4 Å². The third kappa shape index (κ3) is 7.82. The Hall–Kier alpha value is -3.12. The first-order valence-electron chi connectivity index (χ1n) is 16.2. The molecule has 2 aliphatic heterocycles. The lowest BCUT2D eigenvalue weighted by molar-refractivity contribution is -0.124. The second kappa shape index (κ2) is 14.5. The van der Waals surface area contributed by atoms with Crippen molar-refractivity contribution in [1.82, 2.24) is 20.6 Å². The predicted molar refractivity (Wildman–Crippen MR) is 176 cm³/mol. The molecule has 6 rings (SSSR count). The highest BCUT2D eigenvalue weighted by Crippen LogP contribution is 2.42. The van der Waals surface area contributed by atoms with Gasteiger partial charge < -0.3 is 20.9 Å². The maximum atomic E-state index is 13.1. The first-order valence-corrected chi connectivity index (χ1v) is 18.0. The van der Waals surface area contributed by atoms with Gasteiger partial charge in [0.1, 0.15) is 10.1 Å². The highest BCUT2D eigenvalue weighted by Gasteiger charge is 2.35. The molecule has 2 fully saturated rings. The van der Waals surface area contributed by atoms with E-state index in [1.807, 2.05) is 18.2 Å². The minimum absolute atomic E-state index is 0.0621. The van der Waals surface area contributed by atoms with E-state index in [1.165, 1.54) is 55.6 Å². The van der Waals surface area contributed by atoms with Crippen LogP contribution in [0.1, 0.15) is 82.2 Å². The normalized spacial score (nSPS) is 25.1. The Bertz CT molecular complexity index is 1430. The lowest BCUT2D eigenvalue weighted by Crippen LogP contribution is -2.41. The van der Waals surface area contributed by atoms with E-state index >= 15 is 0 Å². The molecule has 12 heteroatoms. The smallest absolute Gasteiger partial charge is 0.240 e. The van der Waals surface area contributed by atoms with Crippen LogP contribution in [0.25, 0.3) is 0 Å². The van der Waals surface area contributed by atoms with Crippen molar-refractivity contribution in [3.05, 3.63) is 36.2 Å². The molecule has 2 saturated carbocycles. The van der Waals surface area contributed by atoms with Crippen LogP contribution in [-0.2, 0) is 19.2 Å². The van der Waals surface area contributed by atoms with Crippen LogP contribution in [0.5, 0.6) is 0 Å². The number of carbonyl (C=O) groups excluding carboxylic acids is 4. The van der Waals surface area contributed by atoms with Crippen molar-refractivity contribution >= 4 is 58.5 Å². The van der Waals surface area contributed by atoms with Gasteiger partial charge in [-0.1, -0.05) is 49.2 Å². The fourth-order valence-corrected chi connectivity index (χ4v) is 9.20. The number of aromatic nitrogens is 2. The number of hydrogen-bond acceptors (Lipinski definition) is 8. The number of carbonyl (C=O) groups is 4. The molecule has 2 aliphatic carbocycles. The molecule has 4 unspecified atom stereocenters. The minimum atomic E-state index is -0.500. The summed E-state index contributed by atoms with van der Waals surface area (Å²) in [6, 6.07) is 7.59. The van der Waals surface area contributed by atoms with Gasteiger partial charge in [-0.25, -0.2) is 9.97 Å². The molecule has 0 bridgehead atoms. The molecule has 0 aromatic carbocycles. The largest absolute Gasteiger partial charge is 0.356 e. The monoisotopic (exact) mass is 650 g/mol. The molecule has 45 heavy (non-hydrogen) atoms. The van der Waals surface area contributed by atoms with E-state index in [0.29, 0.717) is 30.6 Å². The zero-order chi connectivity index (χ0) is 31.3. The molecule has 10 nitrogen and oxygen atoms in total. The van der Waals surface area contributed by atoms with Crippen LogP contribution in [0.2, 0.25) is 0 Å². The first-order chi connectivity index (χ1) is 21.8. The average Bonchev–Trinajstić information content (AvgIpc) is 3.06. The number of thioether (sulfide) groups is 2. The van der Waals surface area contributed by atoms with E-state index in [1.54, 1.807) is 24.2 Å².